The molecule has 0 spiro atoms. The number of ether oxygens (including phenoxy) is 1. The Morgan fingerprint density at radius 2 is 1.67 bits per heavy atom. The molecule has 0 fully saturated rings. The van der Waals surface area contributed by atoms with Crippen LogP contribution in [0.1, 0.15) is 58.3 Å². The molecule has 0 heterocycles. The maximum Gasteiger partial charge on any atom is 0.0477 e. The molecule has 0 aromatic heterocycles. The molecular weight excluding hydrogens is 186 g/mol. The van der Waals surface area contributed by atoms with Crippen LogP contribution in [-0.2, 0) is 4.74 Å². The van der Waals surface area contributed by atoms with E-state index >= 15 is 0 Å². The monoisotopic (exact) mass is 215 g/mol. The molecule has 0 amide bonds. The first-order chi connectivity index (χ1) is 7.35. The van der Waals surface area contributed by atoms with Crippen LogP contribution in [0.4, 0.5) is 0 Å². The van der Waals surface area contributed by atoms with Crippen LogP contribution in [0.25, 0.3) is 0 Å². The van der Waals surface area contributed by atoms with Gasteiger partial charge >= 0.3 is 0 Å². The van der Waals surface area contributed by atoms with Crippen molar-refractivity contribution in [1.29, 1.82) is 0 Å². The van der Waals surface area contributed by atoms with Crippen molar-refractivity contribution < 1.29 is 4.74 Å². The van der Waals surface area contributed by atoms with Crippen LogP contribution in [-0.4, -0.2) is 26.8 Å². The second-order valence-electron chi connectivity index (χ2n) is 4.32. The van der Waals surface area contributed by atoms with Gasteiger partial charge in [-0.25, -0.2) is 0 Å². The predicted octanol–water partition coefficient (Wildman–Crippen LogP) is 3.36. The highest BCUT2D eigenvalue weighted by Crippen LogP contribution is 2.10. The average Bonchev–Trinajstić information content (AvgIpc) is 2.27. The second kappa shape index (κ2) is 12.0. The Labute approximate surface area is 95.8 Å². The molecule has 0 rings (SSSR count). The maximum atomic E-state index is 5.09. The van der Waals surface area contributed by atoms with Crippen molar-refractivity contribution in [3.63, 3.8) is 0 Å². The summed E-state index contributed by atoms with van der Waals surface area (Å²) in [4.78, 5) is 0. The van der Waals surface area contributed by atoms with Gasteiger partial charge in [-0.3, -0.25) is 0 Å². The topological polar surface area (TPSA) is 21.3 Å². The van der Waals surface area contributed by atoms with Gasteiger partial charge in [0.1, 0.15) is 0 Å². The zero-order valence-electron chi connectivity index (χ0n) is 10.8. The Balaban J connectivity index is 3.22. The van der Waals surface area contributed by atoms with E-state index in [2.05, 4.69) is 19.3 Å². The second-order valence-corrected chi connectivity index (χ2v) is 4.32. The van der Waals surface area contributed by atoms with E-state index in [1.807, 2.05) is 0 Å². The summed E-state index contributed by atoms with van der Waals surface area (Å²) in [5.41, 5.74) is 0. The van der Waals surface area contributed by atoms with E-state index < -0.39 is 0 Å². The summed E-state index contributed by atoms with van der Waals surface area (Å²) in [6, 6.07) is 0.649. The molecule has 1 atom stereocenters. The van der Waals surface area contributed by atoms with Crippen molar-refractivity contribution in [1.82, 2.24) is 5.32 Å². The third-order valence-electron chi connectivity index (χ3n) is 2.98. The Hall–Kier alpha value is -0.0800. The molecule has 0 aliphatic heterocycles. The van der Waals surface area contributed by atoms with Gasteiger partial charge in [0.25, 0.3) is 0 Å². The highest BCUT2D eigenvalue weighted by atomic mass is 16.5. The van der Waals surface area contributed by atoms with E-state index in [0.717, 1.165) is 13.0 Å². The van der Waals surface area contributed by atoms with Crippen LogP contribution in [0, 0.1) is 0 Å². The summed E-state index contributed by atoms with van der Waals surface area (Å²) in [5, 5.41) is 3.36. The van der Waals surface area contributed by atoms with Crippen LogP contribution >= 0.6 is 0 Å². The Kier molecular flexibility index (Phi) is 11.9. The number of unbranched alkanes of at least 4 members (excludes halogenated alkanes) is 5. The van der Waals surface area contributed by atoms with Crippen LogP contribution in [0.15, 0.2) is 0 Å². The lowest BCUT2D eigenvalue weighted by Gasteiger charge is -2.15. The smallest absolute Gasteiger partial charge is 0.0477 e. The Morgan fingerprint density at radius 1 is 1.00 bits per heavy atom. The van der Waals surface area contributed by atoms with Gasteiger partial charge in [-0.15, -0.1) is 0 Å². The first kappa shape index (κ1) is 14.9. The summed E-state index contributed by atoms with van der Waals surface area (Å²) in [7, 11) is 3.83. The lowest BCUT2D eigenvalue weighted by atomic mass is 10.0. The van der Waals surface area contributed by atoms with E-state index in [1.165, 1.54) is 44.9 Å². The number of hydrogen-bond donors (Lipinski definition) is 1. The van der Waals surface area contributed by atoms with Gasteiger partial charge in [-0.2, -0.15) is 0 Å². The van der Waals surface area contributed by atoms with Gasteiger partial charge in [0, 0.05) is 19.8 Å². The van der Waals surface area contributed by atoms with Crippen molar-refractivity contribution in [2.45, 2.75) is 64.3 Å². The molecule has 2 heteroatoms. The molecular formula is C13H29NO. The number of hydrogen-bond acceptors (Lipinski definition) is 2. The summed E-state index contributed by atoms with van der Waals surface area (Å²) < 4.78 is 5.09. The van der Waals surface area contributed by atoms with Gasteiger partial charge in [-0.1, -0.05) is 45.4 Å². The zero-order valence-corrected chi connectivity index (χ0v) is 10.8. The highest BCUT2D eigenvalue weighted by molar-refractivity contribution is 4.64. The minimum atomic E-state index is 0.649. The first-order valence-corrected chi connectivity index (χ1v) is 6.51. The van der Waals surface area contributed by atoms with E-state index in [0.29, 0.717) is 6.04 Å². The molecule has 15 heavy (non-hydrogen) atoms. The standard InChI is InChI=1S/C13H29NO/c1-4-5-6-7-8-9-10-13(14-2)11-12-15-3/h13-14H,4-12H2,1-3H3. The van der Waals surface area contributed by atoms with Gasteiger partial charge in [0.05, 0.1) is 0 Å². The van der Waals surface area contributed by atoms with Crippen molar-refractivity contribution in [2.24, 2.45) is 0 Å². The zero-order chi connectivity index (χ0) is 11.4. The minimum Gasteiger partial charge on any atom is -0.385 e. The molecule has 0 aromatic rings. The van der Waals surface area contributed by atoms with Crippen LogP contribution in [0.2, 0.25) is 0 Å². The Morgan fingerprint density at radius 3 is 2.27 bits per heavy atom. The van der Waals surface area contributed by atoms with Crippen molar-refractivity contribution in [3.8, 4) is 0 Å². The normalized spacial score (nSPS) is 13.0. The lowest BCUT2D eigenvalue weighted by molar-refractivity contribution is 0.182. The fourth-order valence-corrected chi connectivity index (χ4v) is 1.86. The van der Waals surface area contributed by atoms with Crippen LogP contribution < -0.4 is 5.32 Å². The van der Waals surface area contributed by atoms with E-state index in [4.69, 9.17) is 4.74 Å². The molecule has 92 valence electrons. The van der Waals surface area contributed by atoms with Crippen molar-refractivity contribution >= 4 is 0 Å². The molecule has 0 bridgehead atoms. The molecule has 0 aliphatic carbocycles. The van der Waals surface area contributed by atoms with Crippen LogP contribution in [0.5, 0.6) is 0 Å². The average molecular weight is 215 g/mol. The molecule has 0 radical (unpaired) electrons. The molecule has 0 saturated carbocycles. The fourth-order valence-electron chi connectivity index (χ4n) is 1.86. The largest absolute Gasteiger partial charge is 0.385 e. The minimum absolute atomic E-state index is 0.649. The third-order valence-corrected chi connectivity index (χ3v) is 2.98. The predicted molar refractivity (Wildman–Crippen MR) is 67.3 cm³/mol. The van der Waals surface area contributed by atoms with Gasteiger partial charge < -0.3 is 10.1 Å². The summed E-state index contributed by atoms with van der Waals surface area (Å²) in [6.45, 7) is 3.14. The van der Waals surface area contributed by atoms with Crippen molar-refractivity contribution in [3.05, 3.63) is 0 Å². The molecule has 0 saturated heterocycles. The highest BCUT2D eigenvalue weighted by Gasteiger charge is 2.04. The molecule has 0 aromatic carbocycles. The summed E-state index contributed by atoms with van der Waals surface area (Å²) in [6.07, 6.45) is 10.8. The van der Waals surface area contributed by atoms with E-state index in [-0.39, 0.29) is 0 Å². The quantitative estimate of drug-likeness (QED) is 0.534. The first-order valence-electron chi connectivity index (χ1n) is 6.51. The Bertz CT molecular complexity index is 117. The fraction of sp³-hybridized carbons (Fsp3) is 1.00. The summed E-state index contributed by atoms with van der Waals surface area (Å²) >= 11 is 0. The number of methoxy groups -OCH3 is 1. The maximum absolute atomic E-state index is 5.09. The van der Waals surface area contributed by atoms with E-state index in [9.17, 15) is 0 Å². The third kappa shape index (κ3) is 10.2. The van der Waals surface area contributed by atoms with Gasteiger partial charge in [0.15, 0.2) is 0 Å². The molecule has 1 unspecified atom stereocenters. The molecule has 0 aliphatic rings. The molecule has 2 nitrogen and oxygen atoms in total. The van der Waals surface area contributed by atoms with Crippen molar-refractivity contribution in [2.75, 3.05) is 20.8 Å². The number of rotatable bonds is 11. The molecule has 1 N–H and O–H groups in total. The lowest BCUT2D eigenvalue weighted by Crippen LogP contribution is -2.26. The van der Waals surface area contributed by atoms with Gasteiger partial charge in [-0.05, 0) is 19.9 Å². The summed E-state index contributed by atoms with van der Waals surface area (Å²) in [5.74, 6) is 0. The SMILES string of the molecule is CCCCCCCCC(CCOC)NC. The number of nitrogens with one attached hydrogen (secondary N) is 1. The van der Waals surface area contributed by atoms with E-state index in [1.54, 1.807) is 7.11 Å². The van der Waals surface area contributed by atoms with Crippen LogP contribution in [0.3, 0.4) is 0 Å². The van der Waals surface area contributed by atoms with Gasteiger partial charge in [0.2, 0.25) is 0 Å².